The summed E-state index contributed by atoms with van der Waals surface area (Å²) in [4.78, 5) is 12.0. The maximum atomic E-state index is 12.0. The second-order valence-electron chi connectivity index (χ2n) is 8.26. The molecule has 0 N–H and O–H groups in total. The summed E-state index contributed by atoms with van der Waals surface area (Å²) in [5.41, 5.74) is 3.48. The topological polar surface area (TPSA) is 39.4 Å². The summed E-state index contributed by atoms with van der Waals surface area (Å²) in [7, 11) is 0. The summed E-state index contributed by atoms with van der Waals surface area (Å²) in [6.07, 6.45) is 6.09. The number of allylic oxidation sites excluding steroid dienone is 2. The predicted octanol–water partition coefficient (Wildman–Crippen LogP) is 5.73. The van der Waals surface area contributed by atoms with Crippen LogP contribution in [-0.4, -0.2) is 12.6 Å². The highest BCUT2D eigenvalue weighted by atomic mass is 16.5. The standard InChI is InChI=1S/C23H26O3/c1-6-25-21(24)19-15-26-20-13-16(8-10-18(19)20)7-9-17-14-22(2,3)11-12-23(17,4)5/h8,10,13-15H,6,11-12H2,1-5H3. The molecule has 0 unspecified atom stereocenters. The Morgan fingerprint density at radius 2 is 1.96 bits per heavy atom. The lowest BCUT2D eigenvalue weighted by atomic mass is 9.68. The summed E-state index contributed by atoms with van der Waals surface area (Å²) >= 11 is 0. The van der Waals surface area contributed by atoms with Crippen molar-refractivity contribution in [2.24, 2.45) is 10.8 Å². The van der Waals surface area contributed by atoms with Gasteiger partial charge in [-0.1, -0.05) is 45.6 Å². The number of ether oxygens (including phenoxy) is 1. The second-order valence-corrected chi connectivity index (χ2v) is 8.26. The van der Waals surface area contributed by atoms with Crippen LogP contribution in [0.2, 0.25) is 0 Å². The smallest absolute Gasteiger partial charge is 0.342 e. The van der Waals surface area contributed by atoms with Gasteiger partial charge in [0.2, 0.25) is 0 Å². The van der Waals surface area contributed by atoms with Crippen LogP contribution in [0.4, 0.5) is 0 Å². The highest BCUT2D eigenvalue weighted by molar-refractivity contribution is 6.03. The highest BCUT2D eigenvalue weighted by Gasteiger charge is 2.32. The van der Waals surface area contributed by atoms with Gasteiger partial charge >= 0.3 is 5.97 Å². The summed E-state index contributed by atoms with van der Waals surface area (Å²) in [6, 6.07) is 5.68. The van der Waals surface area contributed by atoms with Crippen molar-refractivity contribution in [3.63, 3.8) is 0 Å². The highest BCUT2D eigenvalue weighted by Crippen LogP contribution is 2.43. The fourth-order valence-electron chi connectivity index (χ4n) is 3.25. The zero-order valence-corrected chi connectivity index (χ0v) is 16.2. The fourth-order valence-corrected chi connectivity index (χ4v) is 3.25. The number of rotatable bonds is 2. The third-order valence-electron chi connectivity index (χ3n) is 5.07. The zero-order valence-electron chi connectivity index (χ0n) is 16.2. The predicted molar refractivity (Wildman–Crippen MR) is 104 cm³/mol. The molecule has 0 radical (unpaired) electrons. The second kappa shape index (κ2) is 6.68. The minimum absolute atomic E-state index is 0.106. The summed E-state index contributed by atoms with van der Waals surface area (Å²) in [6.45, 7) is 11.2. The third kappa shape index (κ3) is 3.70. The Balaban J connectivity index is 1.92. The molecule has 3 nitrogen and oxygen atoms in total. The van der Waals surface area contributed by atoms with E-state index in [0.29, 0.717) is 17.8 Å². The summed E-state index contributed by atoms with van der Waals surface area (Å²) < 4.78 is 10.6. The van der Waals surface area contributed by atoms with Crippen molar-refractivity contribution in [1.29, 1.82) is 0 Å². The van der Waals surface area contributed by atoms with Gasteiger partial charge in [0.25, 0.3) is 0 Å². The number of benzene rings is 1. The van der Waals surface area contributed by atoms with Gasteiger partial charge in [-0.15, -0.1) is 0 Å². The first-order valence-corrected chi connectivity index (χ1v) is 9.16. The Kier molecular flexibility index (Phi) is 4.71. The van der Waals surface area contributed by atoms with Gasteiger partial charge in [0.1, 0.15) is 17.4 Å². The minimum Gasteiger partial charge on any atom is -0.463 e. The molecule has 0 saturated heterocycles. The molecule has 0 spiro atoms. The number of carbonyl (C=O) groups is 1. The van der Waals surface area contributed by atoms with Crippen molar-refractivity contribution >= 4 is 16.9 Å². The lowest BCUT2D eigenvalue weighted by molar-refractivity contribution is 0.0527. The molecule has 0 atom stereocenters. The minimum atomic E-state index is -0.360. The SMILES string of the molecule is CCOC(=O)c1coc2cc(C#CC3=CC(C)(C)CCC3(C)C)ccc12. The average molecular weight is 350 g/mol. The molecule has 1 aromatic heterocycles. The van der Waals surface area contributed by atoms with E-state index in [4.69, 9.17) is 9.15 Å². The van der Waals surface area contributed by atoms with E-state index in [1.165, 1.54) is 18.3 Å². The van der Waals surface area contributed by atoms with E-state index in [-0.39, 0.29) is 16.8 Å². The van der Waals surface area contributed by atoms with Crippen molar-refractivity contribution in [3.05, 3.63) is 47.2 Å². The molecule has 3 rings (SSSR count). The molecule has 1 aliphatic carbocycles. The quantitative estimate of drug-likeness (QED) is 0.512. The first-order valence-electron chi connectivity index (χ1n) is 9.16. The van der Waals surface area contributed by atoms with E-state index in [2.05, 4.69) is 45.6 Å². The maximum absolute atomic E-state index is 12.0. The number of furan rings is 1. The molecule has 0 bridgehead atoms. The lowest BCUT2D eigenvalue weighted by Crippen LogP contribution is -2.25. The Hall–Kier alpha value is -2.47. The van der Waals surface area contributed by atoms with Crippen LogP contribution in [0.15, 0.2) is 40.5 Å². The normalized spacial score (nSPS) is 18.0. The number of fused-ring (bicyclic) bond motifs is 1. The summed E-state index contributed by atoms with van der Waals surface area (Å²) in [5.74, 6) is 6.29. The van der Waals surface area contributed by atoms with Crippen molar-refractivity contribution < 1.29 is 13.9 Å². The molecule has 0 aliphatic heterocycles. The first kappa shape index (κ1) is 18.3. The first-order chi connectivity index (χ1) is 12.2. The van der Waals surface area contributed by atoms with Gasteiger partial charge in [-0.25, -0.2) is 4.79 Å². The molecular weight excluding hydrogens is 324 g/mol. The number of hydrogen-bond donors (Lipinski definition) is 0. The largest absolute Gasteiger partial charge is 0.463 e. The number of hydrogen-bond acceptors (Lipinski definition) is 3. The molecule has 26 heavy (non-hydrogen) atoms. The zero-order chi connectivity index (χ0) is 18.9. The molecule has 3 heteroatoms. The van der Waals surface area contributed by atoms with Crippen molar-refractivity contribution in [1.82, 2.24) is 0 Å². The van der Waals surface area contributed by atoms with Gasteiger partial charge < -0.3 is 9.15 Å². The fraction of sp³-hybridized carbons (Fsp3) is 0.435. The van der Waals surface area contributed by atoms with E-state index in [0.717, 1.165) is 17.4 Å². The molecule has 2 aromatic rings. The molecule has 136 valence electrons. The van der Waals surface area contributed by atoms with Crippen LogP contribution < -0.4 is 0 Å². The van der Waals surface area contributed by atoms with Gasteiger partial charge in [-0.05, 0) is 48.8 Å². The lowest BCUT2D eigenvalue weighted by Gasteiger charge is -2.36. The third-order valence-corrected chi connectivity index (χ3v) is 5.07. The molecule has 1 aromatic carbocycles. The van der Waals surface area contributed by atoms with E-state index in [1.54, 1.807) is 6.92 Å². The van der Waals surface area contributed by atoms with Gasteiger partial charge in [0.05, 0.1) is 6.61 Å². The monoisotopic (exact) mass is 350 g/mol. The van der Waals surface area contributed by atoms with Crippen molar-refractivity contribution in [2.45, 2.75) is 47.5 Å². The Morgan fingerprint density at radius 1 is 1.19 bits per heavy atom. The van der Waals surface area contributed by atoms with Crippen molar-refractivity contribution in [2.75, 3.05) is 6.61 Å². The van der Waals surface area contributed by atoms with Crippen LogP contribution in [-0.2, 0) is 4.74 Å². The Morgan fingerprint density at radius 3 is 2.69 bits per heavy atom. The van der Waals surface area contributed by atoms with Gasteiger partial charge in [-0.2, -0.15) is 0 Å². The van der Waals surface area contributed by atoms with E-state index >= 15 is 0 Å². The molecular formula is C23H26O3. The molecule has 1 heterocycles. The van der Waals surface area contributed by atoms with E-state index in [9.17, 15) is 4.79 Å². The summed E-state index contributed by atoms with van der Waals surface area (Å²) in [5, 5.41) is 0.757. The maximum Gasteiger partial charge on any atom is 0.342 e. The van der Waals surface area contributed by atoms with Crippen LogP contribution in [0, 0.1) is 22.7 Å². The Labute approximate surface area is 155 Å². The van der Waals surface area contributed by atoms with Crippen molar-refractivity contribution in [3.8, 4) is 11.8 Å². The van der Waals surface area contributed by atoms with Crippen LogP contribution in [0.3, 0.4) is 0 Å². The number of carbonyl (C=O) groups excluding carboxylic acids is 1. The molecule has 0 fully saturated rings. The van der Waals surface area contributed by atoms with Gasteiger partial charge in [0, 0.05) is 16.5 Å². The van der Waals surface area contributed by atoms with E-state index < -0.39 is 0 Å². The van der Waals surface area contributed by atoms with Crippen LogP contribution in [0.25, 0.3) is 11.0 Å². The number of esters is 1. The van der Waals surface area contributed by atoms with Gasteiger partial charge in [-0.3, -0.25) is 0 Å². The van der Waals surface area contributed by atoms with Crippen LogP contribution >= 0.6 is 0 Å². The molecule has 1 aliphatic rings. The molecule has 0 amide bonds. The molecule has 0 saturated carbocycles. The van der Waals surface area contributed by atoms with Crippen LogP contribution in [0.5, 0.6) is 0 Å². The van der Waals surface area contributed by atoms with E-state index in [1.807, 2.05) is 18.2 Å². The van der Waals surface area contributed by atoms with Gasteiger partial charge in [0.15, 0.2) is 0 Å². The van der Waals surface area contributed by atoms with Crippen LogP contribution in [0.1, 0.15) is 63.4 Å². The average Bonchev–Trinajstić information content (AvgIpc) is 2.99. The Bertz CT molecular complexity index is 929.